The number of rotatable bonds is 4. The van der Waals surface area contributed by atoms with E-state index in [0.29, 0.717) is 18.1 Å². The summed E-state index contributed by atoms with van der Waals surface area (Å²) in [5, 5.41) is 9.60. The van der Waals surface area contributed by atoms with Gasteiger partial charge in [0.05, 0.1) is 0 Å². The van der Waals surface area contributed by atoms with Crippen molar-refractivity contribution in [2.24, 2.45) is 0 Å². The summed E-state index contributed by atoms with van der Waals surface area (Å²) in [7, 11) is 0. The lowest BCUT2D eigenvalue weighted by atomic mass is 10.2. The maximum absolute atomic E-state index is 12.9. The van der Waals surface area contributed by atoms with Crippen LogP contribution in [-0.4, -0.2) is 15.2 Å². The number of nitrogens with one attached hydrogen (secondary N) is 2. The number of nitrogens with zero attached hydrogens (tertiary/aromatic N) is 2. The van der Waals surface area contributed by atoms with Crippen LogP contribution < -0.4 is 5.32 Å². The van der Waals surface area contributed by atoms with Crippen LogP contribution in [0.2, 0.25) is 0 Å². The summed E-state index contributed by atoms with van der Waals surface area (Å²) < 4.78 is 25.6. The molecule has 0 radical (unpaired) electrons. The molecule has 4 nitrogen and oxygen atoms in total. The van der Waals surface area contributed by atoms with Gasteiger partial charge in [0.25, 0.3) is 0 Å². The van der Waals surface area contributed by atoms with Crippen LogP contribution in [0.3, 0.4) is 0 Å². The molecular formula is C11H12F2N4. The molecule has 0 spiro atoms. The molecule has 0 aliphatic carbocycles. The number of benzene rings is 1. The van der Waals surface area contributed by atoms with E-state index < -0.39 is 11.6 Å². The van der Waals surface area contributed by atoms with E-state index in [-0.39, 0.29) is 0 Å². The largest absolute Gasteiger partial charge is 0.349 e. The summed E-state index contributed by atoms with van der Waals surface area (Å²) in [5.41, 5.74) is 0.631. The maximum atomic E-state index is 12.9. The van der Waals surface area contributed by atoms with Gasteiger partial charge in [-0.1, -0.05) is 13.0 Å². The van der Waals surface area contributed by atoms with Crippen molar-refractivity contribution in [1.82, 2.24) is 15.2 Å². The molecule has 1 aromatic carbocycles. The predicted molar refractivity (Wildman–Crippen MR) is 59.4 cm³/mol. The van der Waals surface area contributed by atoms with Gasteiger partial charge in [0.15, 0.2) is 11.6 Å². The fourth-order valence-electron chi connectivity index (χ4n) is 1.36. The third kappa shape index (κ3) is 2.77. The van der Waals surface area contributed by atoms with Crippen molar-refractivity contribution < 1.29 is 8.78 Å². The first-order valence-electron chi connectivity index (χ1n) is 5.28. The van der Waals surface area contributed by atoms with E-state index in [4.69, 9.17) is 0 Å². The molecule has 0 unspecified atom stereocenters. The first-order chi connectivity index (χ1) is 8.19. The highest BCUT2D eigenvalue weighted by Crippen LogP contribution is 2.10. The standard InChI is InChI=1S/C11H12F2N4/c1-2-10-15-11(17-16-10)14-6-7-3-4-8(12)9(13)5-7/h3-5H,2,6H2,1H3,(H2,14,15,16,17). The minimum absolute atomic E-state index is 0.345. The Morgan fingerprint density at radius 2 is 2.12 bits per heavy atom. The second-order valence-electron chi connectivity index (χ2n) is 3.56. The Hall–Kier alpha value is -1.98. The molecule has 0 bridgehead atoms. The summed E-state index contributed by atoms with van der Waals surface area (Å²) in [5.74, 6) is -0.474. The van der Waals surface area contributed by atoms with Gasteiger partial charge < -0.3 is 5.32 Å². The molecule has 0 saturated heterocycles. The van der Waals surface area contributed by atoms with Crippen molar-refractivity contribution in [2.45, 2.75) is 19.9 Å². The van der Waals surface area contributed by atoms with Crippen LogP contribution in [0, 0.1) is 11.6 Å². The molecule has 0 aliphatic rings. The molecule has 2 N–H and O–H groups in total. The Balaban J connectivity index is 1.99. The Morgan fingerprint density at radius 3 is 2.76 bits per heavy atom. The number of hydrogen-bond acceptors (Lipinski definition) is 3. The van der Waals surface area contributed by atoms with E-state index in [1.807, 2.05) is 6.92 Å². The smallest absolute Gasteiger partial charge is 0.242 e. The average molecular weight is 238 g/mol. The van der Waals surface area contributed by atoms with Gasteiger partial charge in [-0.05, 0) is 17.7 Å². The van der Waals surface area contributed by atoms with Gasteiger partial charge in [-0.2, -0.15) is 4.98 Å². The van der Waals surface area contributed by atoms with Crippen LogP contribution >= 0.6 is 0 Å². The monoisotopic (exact) mass is 238 g/mol. The van der Waals surface area contributed by atoms with E-state index in [1.54, 1.807) is 0 Å². The van der Waals surface area contributed by atoms with E-state index in [9.17, 15) is 8.78 Å². The van der Waals surface area contributed by atoms with Gasteiger partial charge in [-0.3, -0.25) is 5.10 Å². The number of halogens is 2. The molecule has 2 rings (SSSR count). The Bertz CT molecular complexity index is 510. The van der Waals surface area contributed by atoms with Crippen LogP contribution in [0.5, 0.6) is 0 Å². The molecule has 0 amide bonds. The van der Waals surface area contributed by atoms with Crippen molar-refractivity contribution in [3.8, 4) is 0 Å². The molecule has 17 heavy (non-hydrogen) atoms. The number of hydrogen-bond donors (Lipinski definition) is 2. The van der Waals surface area contributed by atoms with Crippen LogP contribution in [0.1, 0.15) is 18.3 Å². The summed E-state index contributed by atoms with van der Waals surface area (Å²) in [6, 6.07) is 3.76. The van der Waals surface area contributed by atoms with Crippen molar-refractivity contribution in [3.05, 3.63) is 41.2 Å². The minimum Gasteiger partial charge on any atom is -0.349 e. The fraction of sp³-hybridized carbons (Fsp3) is 0.273. The molecule has 0 aliphatic heterocycles. The minimum atomic E-state index is -0.853. The first kappa shape index (κ1) is 11.5. The number of aryl methyl sites for hydroxylation is 1. The van der Waals surface area contributed by atoms with Gasteiger partial charge in [0.2, 0.25) is 5.95 Å². The molecule has 2 aromatic rings. The first-order valence-corrected chi connectivity index (χ1v) is 5.28. The summed E-state index contributed by atoms with van der Waals surface area (Å²) in [6.07, 6.45) is 0.764. The van der Waals surface area contributed by atoms with Crippen LogP contribution in [0.25, 0.3) is 0 Å². The van der Waals surface area contributed by atoms with Crippen molar-refractivity contribution in [1.29, 1.82) is 0 Å². The van der Waals surface area contributed by atoms with Crippen LogP contribution in [0.4, 0.5) is 14.7 Å². The van der Waals surface area contributed by atoms with E-state index in [0.717, 1.165) is 24.4 Å². The van der Waals surface area contributed by atoms with Gasteiger partial charge in [0, 0.05) is 13.0 Å². The molecule has 0 fully saturated rings. The summed E-state index contributed by atoms with van der Waals surface area (Å²) >= 11 is 0. The number of aromatic nitrogens is 3. The van der Waals surface area contributed by atoms with Crippen LogP contribution in [0.15, 0.2) is 18.2 Å². The zero-order valence-electron chi connectivity index (χ0n) is 9.30. The molecular weight excluding hydrogens is 226 g/mol. The van der Waals surface area contributed by atoms with Crippen LogP contribution in [-0.2, 0) is 13.0 Å². The maximum Gasteiger partial charge on any atom is 0.242 e. The fourth-order valence-corrected chi connectivity index (χ4v) is 1.36. The van der Waals surface area contributed by atoms with Gasteiger partial charge in [0.1, 0.15) is 5.82 Å². The second-order valence-corrected chi connectivity index (χ2v) is 3.56. The Kier molecular flexibility index (Phi) is 3.32. The highest BCUT2D eigenvalue weighted by atomic mass is 19.2. The summed E-state index contributed by atoms with van der Waals surface area (Å²) in [4.78, 5) is 4.14. The number of anilines is 1. The van der Waals surface area contributed by atoms with Crippen molar-refractivity contribution in [2.75, 3.05) is 5.32 Å². The van der Waals surface area contributed by atoms with Gasteiger partial charge in [-0.25, -0.2) is 8.78 Å². The zero-order valence-corrected chi connectivity index (χ0v) is 9.30. The topological polar surface area (TPSA) is 53.6 Å². The van der Waals surface area contributed by atoms with Crippen molar-refractivity contribution in [3.63, 3.8) is 0 Å². The summed E-state index contributed by atoms with van der Waals surface area (Å²) in [6.45, 7) is 2.30. The number of H-pyrrole nitrogens is 1. The van der Waals surface area contributed by atoms with E-state index in [1.165, 1.54) is 6.07 Å². The Labute approximate surface area is 97.1 Å². The van der Waals surface area contributed by atoms with E-state index in [2.05, 4.69) is 20.5 Å². The molecule has 90 valence electrons. The molecule has 6 heteroatoms. The third-order valence-corrected chi connectivity index (χ3v) is 2.30. The lowest BCUT2D eigenvalue weighted by Crippen LogP contribution is -2.02. The predicted octanol–water partition coefficient (Wildman–Crippen LogP) is 2.26. The third-order valence-electron chi connectivity index (χ3n) is 2.30. The SMILES string of the molecule is CCc1nc(NCc2ccc(F)c(F)c2)n[nH]1. The number of aromatic amines is 1. The highest BCUT2D eigenvalue weighted by Gasteiger charge is 2.04. The lowest BCUT2D eigenvalue weighted by molar-refractivity contribution is 0.507. The zero-order chi connectivity index (χ0) is 12.3. The molecule has 1 aromatic heterocycles. The highest BCUT2D eigenvalue weighted by molar-refractivity contribution is 5.27. The second kappa shape index (κ2) is 4.90. The quantitative estimate of drug-likeness (QED) is 0.859. The molecule has 1 heterocycles. The Morgan fingerprint density at radius 1 is 1.29 bits per heavy atom. The average Bonchev–Trinajstić information content (AvgIpc) is 2.79. The van der Waals surface area contributed by atoms with Crippen molar-refractivity contribution >= 4 is 5.95 Å². The molecule has 0 atom stereocenters. The lowest BCUT2D eigenvalue weighted by Gasteiger charge is -2.02. The normalized spacial score (nSPS) is 10.5. The molecule has 0 saturated carbocycles. The van der Waals surface area contributed by atoms with Gasteiger partial charge in [-0.15, -0.1) is 5.10 Å². The van der Waals surface area contributed by atoms with E-state index >= 15 is 0 Å². The van der Waals surface area contributed by atoms with Gasteiger partial charge >= 0.3 is 0 Å².